The van der Waals surface area contributed by atoms with Crippen LogP contribution < -0.4 is 10.5 Å². The Labute approximate surface area is 102 Å². The van der Waals surface area contributed by atoms with Gasteiger partial charge in [-0.1, -0.05) is 0 Å². The molecule has 0 fully saturated rings. The molecule has 0 bridgehead atoms. The highest BCUT2D eigenvalue weighted by Crippen LogP contribution is 2.14. The van der Waals surface area contributed by atoms with E-state index in [0.29, 0.717) is 33.0 Å². The van der Waals surface area contributed by atoms with Crippen molar-refractivity contribution in [2.45, 2.75) is 13.0 Å². The van der Waals surface area contributed by atoms with E-state index in [4.69, 9.17) is 19.9 Å². The molecule has 0 radical (unpaired) electrons. The minimum atomic E-state index is 0.389. The predicted molar refractivity (Wildman–Crippen MR) is 64.9 cm³/mol. The Morgan fingerprint density at radius 2 is 2.12 bits per heavy atom. The van der Waals surface area contributed by atoms with Crippen LogP contribution in [0.3, 0.4) is 0 Å². The highest BCUT2D eigenvalue weighted by molar-refractivity contribution is 5.26. The summed E-state index contributed by atoms with van der Waals surface area (Å²) in [5.41, 5.74) is 6.34. The van der Waals surface area contributed by atoms with Gasteiger partial charge in [0.15, 0.2) is 0 Å². The smallest absolute Gasteiger partial charge is 0.142 e. The minimum Gasteiger partial charge on any atom is -0.492 e. The lowest BCUT2D eigenvalue weighted by molar-refractivity contribution is 0.0643. The lowest BCUT2D eigenvalue weighted by Crippen LogP contribution is -2.09. The molecule has 0 amide bonds. The van der Waals surface area contributed by atoms with Gasteiger partial charge in [-0.3, -0.25) is 4.98 Å². The molecule has 5 nitrogen and oxygen atoms in total. The Morgan fingerprint density at radius 1 is 1.24 bits per heavy atom. The van der Waals surface area contributed by atoms with Crippen LogP contribution in [0, 0.1) is 0 Å². The van der Waals surface area contributed by atoms with Crippen LogP contribution in [0.15, 0.2) is 18.3 Å². The van der Waals surface area contributed by atoms with E-state index in [1.165, 1.54) is 0 Å². The van der Waals surface area contributed by atoms with E-state index in [0.717, 1.165) is 17.9 Å². The first-order chi connectivity index (χ1) is 8.38. The van der Waals surface area contributed by atoms with E-state index in [-0.39, 0.29) is 0 Å². The van der Waals surface area contributed by atoms with E-state index < -0.39 is 0 Å². The van der Waals surface area contributed by atoms with Crippen molar-refractivity contribution in [3.05, 3.63) is 24.0 Å². The van der Waals surface area contributed by atoms with Crippen LogP contribution in [0.1, 0.15) is 12.1 Å². The normalized spacial score (nSPS) is 10.5. The Hall–Kier alpha value is -1.17. The number of nitrogens with zero attached hydrogens (tertiary/aromatic N) is 1. The molecule has 0 atom stereocenters. The summed E-state index contributed by atoms with van der Waals surface area (Å²) in [7, 11) is 1.66. The molecule has 2 N–H and O–H groups in total. The van der Waals surface area contributed by atoms with Gasteiger partial charge in [-0.25, -0.2) is 0 Å². The third-order valence-electron chi connectivity index (χ3n) is 2.16. The number of methoxy groups -OCH3 is 1. The monoisotopic (exact) mass is 240 g/mol. The molecule has 1 heterocycles. The van der Waals surface area contributed by atoms with E-state index >= 15 is 0 Å². The first-order valence-corrected chi connectivity index (χ1v) is 5.72. The van der Waals surface area contributed by atoms with Crippen molar-refractivity contribution < 1.29 is 14.2 Å². The zero-order chi connectivity index (χ0) is 12.3. The molecule has 17 heavy (non-hydrogen) atoms. The first-order valence-electron chi connectivity index (χ1n) is 5.72. The Bertz CT molecular complexity index is 308. The van der Waals surface area contributed by atoms with Crippen molar-refractivity contribution in [2.75, 3.05) is 33.5 Å². The number of aromatic nitrogens is 1. The number of rotatable bonds is 9. The summed E-state index contributed by atoms with van der Waals surface area (Å²) < 4.78 is 15.8. The molecule has 96 valence electrons. The number of hydrogen-bond donors (Lipinski definition) is 1. The second-order valence-corrected chi connectivity index (χ2v) is 3.46. The molecule has 0 saturated heterocycles. The van der Waals surface area contributed by atoms with Gasteiger partial charge in [-0.05, 0) is 12.1 Å². The summed E-state index contributed by atoms with van der Waals surface area (Å²) in [5.74, 6) is 0.756. The third-order valence-corrected chi connectivity index (χ3v) is 2.16. The van der Waals surface area contributed by atoms with E-state index in [9.17, 15) is 0 Å². The summed E-state index contributed by atoms with van der Waals surface area (Å²) in [6.45, 7) is 2.91. The van der Waals surface area contributed by atoms with Crippen LogP contribution in [-0.2, 0) is 16.0 Å². The second kappa shape index (κ2) is 8.92. The highest BCUT2D eigenvalue weighted by Gasteiger charge is 2.01. The van der Waals surface area contributed by atoms with Crippen LogP contribution in [0.4, 0.5) is 0 Å². The SMILES string of the molecule is COCCOCCCOc1cccnc1CN. The molecular formula is C12H20N2O3. The largest absolute Gasteiger partial charge is 0.492 e. The van der Waals surface area contributed by atoms with E-state index in [1.807, 2.05) is 12.1 Å². The third kappa shape index (κ3) is 5.63. The molecular weight excluding hydrogens is 220 g/mol. The van der Waals surface area contributed by atoms with Crippen LogP contribution in [0.25, 0.3) is 0 Å². The molecule has 1 rings (SSSR count). The summed E-state index contributed by atoms with van der Waals surface area (Å²) in [5, 5.41) is 0. The fraction of sp³-hybridized carbons (Fsp3) is 0.583. The van der Waals surface area contributed by atoms with Gasteiger partial charge in [0.1, 0.15) is 5.75 Å². The van der Waals surface area contributed by atoms with Crippen molar-refractivity contribution in [3.8, 4) is 5.75 Å². The van der Waals surface area contributed by atoms with Crippen molar-refractivity contribution in [3.63, 3.8) is 0 Å². The van der Waals surface area contributed by atoms with Crippen LogP contribution >= 0.6 is 0 Å². The molecule has 5 heteroatoms. The second-order valence-electron chi connectivity index (χ2n) is 3.46. The van der Waals surface area contributed by atoms with Crippen LogP contribution in [0.5, 0.6) is 5.75 Å². The number of nitrogens with two attached hydrogens (primary N) is 1. The Balaban J connectivity index is 2.13. The standard InChI is InChI=1S/C12H20N2O3/c1-15-8-9-16-6-3-7-17-12-4-2-5-14-11(12)10-13/h2,4-5H,3,6-10,13H2,1H3. The predicted octanol–water partition coefficient (Wildman–Crippen LogP) is 0.972. The van der Waals surface area contributed by atoms with Crippen molar-refractivity contribution in [2.24, 2.45) is 5.73 Å². The first kappa shape index (κ1) is 13.9. The summed E-state index contributed by atoms with van der Waals surface area (Å²) in [6.07, 6.45) is 2.55. The van der Waals surface area contributed by atoms with Crippen molar-refractivity contribution in [1.82, 2.24) is 4.98 Å². The molecule has 0 aliphatic rings. The van der Waals surface area contributed by atoms with Crippen molar-refractivity contribution in [1.29, 1.82) is 0 Å². The minimum absolute atomic E-state index is 0.389. The summed E-state index contributed by atoms with van der Waals surface area (Å²) in [4.78, 5) is 4.14. The van der Waals surface area contributed by atoms with E-state index in [1.54, 1.807) is 13.3 Å². The molecule has 0 spiro atoms. The Morgan fingerprint density at radius 3 is 2.88 bits per heavy atom. The highest BCUT2D eigenvalue weighted by atomic mass is 16.5. The summed E-state index contributed by atoms with van der Waals surface area (Å²) in [6, 6.07) is 3.71. The average molecular weight is 240 g/mol. The van der Waals surface area contributed by atoms with Gasteiger partial charge in [0.2, 0.25) is 0 Å². The van der Waals surface area contributed by atoms with Gasteiger partial charge in [0, 0.05) is 32.9 Å². The van der Waals surface area contributed by atoms with Gasteiger partial charge >= 0.3 is 0 Å². The van der Waals surface area contributed by atoms with Crippen molar-refractivity contribution >= 4 is 0 Å². The quantitative estimate of drug-likeness (QED) is 0.651. The number of pyridine rings is 1. The van der Waals surface area contributed by atoms with Gasteiger partial charge in [-0.15, -0.1) is 0 Å². The van der Waals surface area contributed by atoms with Crippen LogP contribution in [0.2, 0.25) is 0 Å². The fourth-order valence-electron chi connectivity index (χ4n) is 1.30. The molecule has 0 aromatic carbocycles. The molecule has 0 aliphatic carbocycles. The Kier molecular flexibility index (Phi) is 7.29. The number of hydrogen-bond acceptors (Lipinski definition) is 5. The zero-order valence-corrected chi connectivity index (χ0v) is 10.2. The lowest BCUT2D eigenvalue weighted by Gasteiger charge is -2.09. The molecule has 0 aliphatic heterocycles. The number of ether oxygens (including phenoxy) is 3. The maximum Gasteiger partial charge on any atom is 0.142 e. The van der Waals surface area contributed by atoms with Crippen LogP contribution in [-0.4, -0.2) is 38.5 Å². The van der Waals surface area contributed by atoms with Gasteiger partial charge in [0.25, 0.3) is 0 Å². The fourth-order valence-corrected chi connectivity index (χ4v) is 1.30. The van der Waals surface area contributed by atoms with Gasteiger partial charge in [0.05, 0.1) is 25.5 Å². The van der Waals surface area contributed by atoms with Gasteiger partial charge in [-0.2, -0.15) is 0 Å². The maximum atomic E-state index is 5.58. The van der Waals surface area contributed by atoms with Gasteiger partial charge < -0.3 is 19.9 Å². The summed E-state index contributed by atoms with van der Waals surface area (Å²) >= 11 is 0. The topological polar surface area (TPSA) is 66.6 Å². The van der Waals surface area contributed by atoms with E-state index in [2.05, 4.69) is 4.98 Å². The maximum absolute atomic E-state index is 5.58. The molecule has 0 unspecified atom stereocenters. The average Bonchev–Trinajstić information content (AvgIpc) is 2.38. The zero-order valence-electron chi connectivity index (χ0n) is 10.2. The molecule has 0 saturated carbocycles. The molecule has 1 aromatic rings. The molecule has 1 aromatic heterocycles. The lowest BCUT2D eigenvalue weighted by atomic mass is 10.3.